The van der Waals surface area contributed by atoms with Crippen LogP contribution in [0.25, 0.3) is 0 Å². The highest BCUT2D eigenvalue weighted by Gasteiger charge is 2.16. The first-order chi connectivity index (χ1) is 9.15. The van der Waals surface area contributed by atoms with E-state index in [0.29, 0.717) is 11.9 Å². The van der Waals surface area contributed by atoms with Gasteiger partial charge in [0.25, 0.3) is 0 Å². The molecule has 0 aromatic heterocycles. The SMILES string of the molecule is Cc1cccc(C(C)CN=C(N)NCC2CCC2)c1.I. The molecule has 3 N–H and O–H groups in total. The summed E-state index contributed by atoms with van der Waals surface area (Å²) in [6.07, 6.45) is 4.04. The Bertz CT molecular complexity index is 441. The molecule has 1 aromatic carbocycles. The van der Waals surface area contributed by atoms with Crippen molar-refractivity contribution in [1.82, 2.24) is 5.32 Å². The van der Waals surface area contributed by atoms with Gasteiger partial charge in [-0.1, -0.05) is 43.2 Å². The van der Waals surface area contributed by atoms with E-state index in [4.69, 9.17) is 5.73 Å². The van der Waals surface area contributed by atoms with E-state index >= 15 is 0 Å². The number of nitrogens with zero attached hydrogens (tertiary/aromatic N) is 1. The molecule has 112 valence electrons. The minimum atomic E-state index is 0. The third kappa shape index (κ3) is 5.31. The molecular weight excluding hydrogens is 361 g/mol. The maximum absolute atomic E-state index is 5.90. The molecule has 0 radical (unpaired) electrons. The molecule has 0 spiro atoms. The van der Waals surface area contributed by atoms with Gasteiger partial charge in [0.05, 0.1) is 0 Å². The van der Waals surface area contributed by atoms with Crippen molar-refractivity contribution >= 4 is 29.9 Å². The molecule has 0 amide bonds. The Kier molecular flexibility index (Phi) is 7.34. The first-order valence-electron chi connectivity index (χ1n) is 7.25. The fourth-order valence-electron chi connectivity index (χ4n) is 2.32. The van der Waals surface area contributed by atoms with E-state index in [1.807, 2.05) is 0 Å². The molecule has 1 saturated carbocycles. The van der Waals surface area contributed by atoms with Crippen molar-refractivity contribution in [3.8, 4) is 0 Å². The minimum absolute atomic E-state index is 0. The Morgan fingerprint density at radius 3 is 2.80 bits per heavy atom. The van der Waals surface area contributed by atoms with Crippen LogP contribution in [0.1, 0.15) is 43.2 Å². The van der Waals surface area contributed by atoms with Crippen LogP contribution in [0, 0.1) is 12.8 Å². The first kappa shape index (κ1) is 17.3. The van der Waals surface area contributed by atoms with Crippen LogP contribution in [0.4, 0.5) is 0 Å². The van der Waals surface area contributed by atoms with E-state index in [9.17, 15) is 0 Å². The molecule has 1 aromatic rings. The second-order valence-corrected chi connectivity index (χ2v) is 5.72. The van der Waals surface area contributed by atoms with E-state index < -0.39 is 0 Å². The molecule has 3 nitrogen and oxygen atoms in total. The highest BCUT2D eigenvalue weighted by molar-refractivity contribution is 14.0. The molecule has 0 heterocycles. The number of aliphatic imine (C=N–C) groups is 1. The van der Waals surface area contributed by atoms with Crippen LogP contribution < -0.4 is 11.1 Å². The fraction of sp³-hybridized carbons (Fsp3) is 0.562. The van der Waals surface area contributed by atoms with E-state index in [1.54, 1.807) is 0 Å². The number of benzene rings is 1. The van der Waals surface area contributed by atoms with Gasteiger partial charge in [0.2, 0.25) is 0 Å². The summed E-state index contributed by atoms with van der Waals surface area (Å²) in [5.41, 5.74) is 8.52. The van der Waals surface area contributed by atoms with Gasteiger partial charge in [0, 0.05) is 19.0 Å². The van der Waals surface area contributed by atoms with Gasteiger partial charge in [0.15, 0.2) is 5.96 Å². The maximum Gasteiger partial charge on any atom is 0.188 e. The van der Waals surface area contributed by atoms with Gasteiger partial charge in [-0.2, -0.15) is 0 Å². The summed E-state index contributed by atoms with van der Waals surface area (Å²) < 4.78 is 0. The van der Waals surface area contributed by atoms with Crippen molar-refractivity contribution in [2.75, 3.05) is 13.1 Å². The summed E-state index contributed by atoms with van der Waals surface area (Å²) in [6, 6.07) is 8.60. The molecule has 4 heteroatoms. The lowest BCUT2D eigenvalue weighted by molar-refractivity contribution is 0.315. The largest absolute Gasteiger partial charge is 0.370 e. The average molecular weight is 387 g/mol. The highest BCUT2D eigenvalue weighted by atomic mass is 127. The van der Waals surface area contributed by atoms with Crippen LogP contribution in [0.2, 0.25) is 0 Å². The zero-order valence-electron chi connectivity index (χ0n) is 12.4. The minimum Gasteiger partial charge on any atom is -0.370 e. The topological polar surface area (TPSA) is 50.4 Å². The second kappa shape index (κ2) is 8.49. The molecular formula is C16H26IN3. The summed E-state index contributed by atoms with van der Waals surface area (Å²) in [5.74, 6) is 1.80. The Labute approximate surface area is 139 Å². The number of nitrogens with two attached hydrogens (primary N) is 1. The number of hydrogen-bond donors (Lipinski definition) is 2. The van der Waals surface area contributed by atoms with Gasteiger partial charge in [-0.15, -0.1) is 24.0 Å². The predicted octanol–water partition coefficient (Wildman–Crippen LogP) is 3.42. The second-order valence-electron chi connectivity index (χ2n) is 5.72. The van der Waals surface area contributed by atoms with Crippen molar-refractivity contribution < 1.29 is 0 Å². The number of rotatable bonds is 5. The standard InChI is InChI=1S/C16H25N3.HI/c1-12-5-3-8-15(9-12)13(2)10-18-16(17)19-11-14-6-4-7-14;/h3,5,8-9,13-14H,4,6-7,10-11H2,1-2H3,(H3,17,18,19);1H. The van der Waals surface area contributed by atoms with Crippen LogP contribution in [0.5, 0.6) is 0 Å². The Hall–Kier alpha value is -0.780. The van der Waals surface area contributed by atoms with E-state index in [2.05, 4.69) is 48.4 Å². The summed E-state index contributed by atoms with van der Waals surface area (Å²) in [6.45, 7) is 6.03. The number of aryl methyl sites for hydroxylation is 1. The zero-order valence-corrected chi connectivity index (χ0v) is 14.8. The Balaban J connectivity index is 0.00000200. The number of guanidine groups is 1. The molecule has 2 rings (SSSR count). The number of halogens is 1. The smallest absolute Gasteiger partial charge is 0.188 e. The van der Waals surface area contributed by atoms with Gasteiger partial charge in [-0.05, 0) is 31.2 Å². The van der Waals surface area contributed by atoms with Gasteiger partial charge in [-0.25, -0.2) is 0 Å². The maximum atomic E-state index is 5.90. The van der Waals surface area contributed by atoms with Crippen molar-refractivity contribution in [2.24, 2.45) is 16.6 Å². The lowest BCUT2D eigenvalue weighted by Gasteiger charge is -2.25. The predicted molar refractivity (Wildman–Crippen MR) is 96.8 cm³/mol. The normalized spacial score (nSPS) is 17.0. The van der Waals surface area contributed by atoms with Crippen LogP contribution in [-0.2, 0) is 0 Å². The third-order valence-corrected chi connectivity index (χ3v) is 3.94. The van der Waals surface area contributed by atoms with Gasteiger partial charge in [-0.3, -0.25) is 4.99 Å². The lowest BCUT2D eigenvalue weighted by atomic mass is 9.85. The summed E-state index contributed by atoms with van der Waals surface area (Å²) in [7, 11) is 0. The summed E-state index contributed by atoms with van der Waals surface area (Å²) in [4.78, 5) is 4.44. The quantitative estimate of drug-likeness (QED) is 0.462. The van der Waals surface area contributed by atoms with Crippen LogP contribution in [0.15, 0.2) is 29.3 Å². The molecule has 1 unspecified atom stereocenters. The van der Waals surface area contributed by atoms with Crippen LogP contribution in [0.3, 0.4) is 0 Å². The molecule has 1 atom stereocenters. The number of nitrogens with one attached hydrogen (secondary N) is 1. The molecule has 0 saturated heterocycles. The zero-order chi connectivity index (χ0) is 13.7. The van der Waals surface area contributed by atoms with Crippen LogP contribution >= 0.6 is 24.0 Å². The number of hydrogen-bond acceptors (Lipinski definition) is 1. The lowest BCUT2D eigenvalue weighted by Crippen LogP contribution is -2.37. The summed E-state index contributed by atoms with van der Waals surface area (Å²) >= 11 is 0. The molecule has 20 heavy (non-hydrogen) atoms. The van der Waals surface area contributed by atoms with Crippen molar-refractivity contribution in [3.05, 3.63) is 35.4 Å². The van der Waals surface area contributed by atoms with E-state index in [1.165, 1.54) is 30.4 Å². The molecule has 0 bridgehead atoms. The first-order valence-corrected chi connectivity index (χ1v) is 7.25. The molecule has 0 aliphatic heterocycles. The molecule has 1 fully saturated rings. The molecule has 1 aliphatic rings. The highest BCUT2D eigenvalue weighted by Crippen LogP contribution is 2.25. The monoisotopic (exact) mass is 387 g/mol. The molecule has 1 aliphatic carbocycles. The third-order valence-electron chi connectivity index (χ3n) is 3.94. The van der Waals surface area contributed by atoms with E-state index in [0.717, 1.165) is 19.0 Å². The van der Waals surface area contributed by atoms with Crippen molar-refractivity contribution in [1.29, 1.82) is 0 Å². The average Bonchev–Trinajstić information content (AvgIpc) is 2.34. The van der Waals surface area contributed by atoms with Gasteiger partial charge >= 0.3 is 0 Å². The van der Waals surface area contributed by atoms with Gasteiger partial charge < -0.3 is 11.1 Å². The van der Waals surface area contributed by atoms with Crippen molar-refractivity contribution in [3.63, 3.8) is 0 Å². The summed E-state index contributed by atoms with van der Waals surface area (Å²) in [5, 5.41) is 3.23. The van der Waals surface area contributed by atoms with Crippen molar-refractivity contribution in [2.45, 2.75) is 39.0 Å². The van der Waals surface area contributed by atoms with Gasteiger partial charge in [0.1, 0.15) is 0 Å². The Morgan fingerprint density at radius 1 is 1.45 bits per heavy atom. The Morgan fingerprint density at radius 2 is 2.20 bits per heavy atom. The van der Waals surface area contributed by atoms with E-state index in [-0.39, 0.29) is 24.0 Å². The van der Waals surface area contributed by atoms with Crippen LogP contribution in [-0.4, -0.2) is 19.0 Å². The fourth-order valence-corrected chi connectivity index (χ4v) is 2.32.